The monoisotopic (exact) mass is 374 g/mol. The van der Waals surface area contributed by atoms with Crippen LogP contribution in [0.1, 0.15) is 11.1 Å². The fourth-order valence-electron chi connectivity index (χ4n) is 2.21. The van der Waals surface area contributed by atoms with Gasteiger partial charge in [-0.05, 0) is 42.8 Å². The topological polar surface area (TPSA) is 118 Å². The van der Waals surface area contributed by atoms with Gasteiger partial charge in [-0.3, -0.25) is 13.9 Å². The Labute approximate surface area is 151 Å². The van der Waals surface area contributed by atoms with Gasteiger partial charge in [-0.15, -0.1) is 0 Å². The molecule has 1 amide bonds. The molecule has 7 nitrogen and oxygen atoms in total. The lowest BCUT2D eigenvalue weighted by Crippen LogP contribution is -2.35. The molecular weight excluding hydrogens is 356 g/mol. The number of aryl methyl sites for hydroxylation is 1. The first-order chi connectivity index (χ1) is 12.2. The Hall–Kier alpha value is -3.13. The zero-order valence-corrected chi connectivity index (χ0v) is 14.8. The van der Waals surface area contributed by atoms with Crippen molar-refractivity contribution in [2.75, 3.05) is 10.8 Å². The van der Waals surface area contributed by atoms with Crippen LogP contribution >= 0.6 is 0 Å². The van der Waals surface area contributed by atoms with E-state index in [0.29, 0.717) is 5.56 Å². The minimum Gasteiger partial charge on any atom is -0.480 e. The van der Waals surface area contributed by atoms with Crippen molar-refractivity contribution in [1.82, 2.24) is 0 Å². The average molecular weight is 374 g/mol. The zero-order chi connectivity index (χ0) is 19.3. The predicted octanol–water partition coefficient (Wildman–Crippen LogP) is 1.77. The SMILES string of the molecule is Cc1ccc(N(CC(=O)O)S(=O)(=O)c2ccc(C=CC(N)=O)cc2)cc1. The molecule has 0 aliphatic heterocycles. The zero-order valence-electron chi connectivity index (χ0n) is 14.0. The Morgan fingerprint density at radius 2 is 1.65 bits per heavy atom. The third kappa shape index (κ3) is 4.70. The number of carboxylic acids is 1. The van der Waals surface area contributed by atoms with Crippen LogP contribution in [0.5, 0.6) is 0 Å². The van der Waals surface area contributed by atoms with E-state index in [9.17, 15) is 18.0 Å². The van der Waals surface area contributed by atoms with E-state index in [1.165, 1.54) is 30.3 Å². The van der Waals surface area contributed by atoms with Gasteiger partial charge in [0, 0.05) is 6.08 Å². The number of nitrogens with two attached hydrogens (primary N) is 1. The second kappa shape index (κ2) is 7.83. The van der Waals surface area contributed by atoms with Crippen molar-refractivity contribution in [2.24, 2.45) is 5.73 Å². The normalized spacial score (nSPS) is 11.4. The molecule has 0 fully saturated rings. The molecule has 0 saturated heterocycles. The van der Waals surface area contributed by atoms with Crippen molar-refractivity contribution in [1.29, 1.82) is 0 Å². The van der Waals surface area contributed by atoms with E-state index in [-0.39, 0.29) is 10.6 Å². The first kappa shape index (κ1) is 19.2. The van der Waals surface area contributed by atoms with Crippen LogP contribution in [0, 0.1) is 6.92 Å². The van der Waals surface area contributed by atoms with Crippen LogP contribution < -0.4 is 10.0 Å². The van der Waals surface area contributed by atoms with Gasteiger partial charge < -0.3 is 10.8 Å². The Morgan fingerprint density at radius 1 is 1.08 bits per heavy atom. The Balaban J connectivity index is 2.41. The van der Waals surface area contributed by atoms with E-state index in [1.54, 1.807) is 24.3 Å². The number of amides is 1. The molecule has 0 bridgehead atoms. The maximum atomic E-state index is 12.9. The molecular formula is C18H18N2O5S. The van der Waals surface area contributed by atoms with Gasteiger partial charge in [-0.1, -0.05) is 29.8 Å². The Bertz CT molecular complexity index is 933. The van der Waals surface area contributed by atoms with Crippen molar-refractivity contribution in [2.45, 2.75) is 11.8 Å². The van der Waals surface area contributed by atoms with E-state index < -0.39 is 28.4 Å². The lowest BCUT2D eigenvalue weighted by molar-refractivity contribution is -0.135. The van der Waals surface area contributed by atoms with Crippen molar-refractivity contribution in [3.63, 3.8) is 0 Å². The number of rotatable bonds is 7. The van der Waals surface area contributed by atoms with Crippen molar-refractivity contribution in [3.05, 3.63) is 65.7 Å². The summed E-state index contributed by atoms with van der Waals surface area (Å²) in [5.74, 6) is -1.89. The van der Waals surface area contributed by atoms with E-state index in [4.69, 9.17) is 10.8 Å². The number of aliphatic carboxylic acids is 1. The summed E-state index contributed by atoms with van der Waals surface area (Å²) in [7, 11) is -4.07. The molecule has 0 spiro atoms. The van der Waals surface area contributed by atoms with Crippen LogP contribution in [0.4, 0.5) is 5.69 Å². The molecule has 26 heavy (non-hydrogen) atoms. The van der Waals surface area contributed by atoms with E-state index in [0.717, 1.165) is 15.9 Å². The Kier molecular flexibility index (Phi) is 5.78. The number of carboxylic acid groups (broad SMARTS) is 1. The molecule has 0 atom stereocenters. The molecule has 3 N–H and O–H groups in total. The highest BCUT2D eigenvalue weighted by molar-refractivity contribution is 7.92. The first-order valence-corrected chi connectivity index (χ1v) is 9.03. The molecule has 0 saturated carbocycles. The van der Waals surface area contributed by atoms with Crippen LogP contribution in [0.25, 0.3) is 6.08 Å². The molecule has 0 aromatic heterocycles. The lowest BCUT2D eigenvalue weighted by Gasteiger charge is -2.23. The van der Waals surface area contributed by atoms with Crippen LogP contribution in [-0.4, -0.2) is 31.9 Å². The van der Waals surface area contributed by atoms with Crippen LogP contribution in [0.2, 0.25) is 0 Å². The molecule has 2 aromatic rings. The lowest BCUT2D eigenvalue weighted by atomic mass is 10.2. The summed E-state index contributed by atoms with van der Waals surface area (Å²) in [6.45, 7) is 1.15. The molecule has 0 aliphatic rings. The fourth-order valence-corrected chi connectivity index (χ4v) is 3.62. The Morgan fingerprint density at radius 3 is 2.15 bits per heavy atom. The van der Waals surface area contributed by atoms with Crippen molar-refractivity contribution >= 4 is 33.7 Å². The fraction of sp³-hybridized carbons (Fsp3) is 0.111. The number of nitrogens with zero attached hydrogens (tertiary/aromatic N) is 1. The van der Waals surface area contributed by atoms with Crippen molar-refractivity contribution < 1.29 is 23.1 Å². The quantitative estimate of drug-likeness (QED) is 0.716. The summed E-state index contributed by atoms with van der Waals surface area (Å²) < 4.78 is 26.6. The highest BCUT2D eigenvalue weighted by Crippen LogP contribution is 2.24. The van der Waals surface area contributed by atoms with Crippen LogP contribution in [0.15, 0.2) is 59.5 Å². The summed E-state index contributed by atoms with van der Waals surface area (Å²) in [5.41, 5.74) is 6.79. The smallest absolute Gasteiger partial charge is 0.324 e. The van der Waals surface area contributed by atoms with Crippen LogP contribution in [-0.2, 0) is 19.6 Å². The number of primary amides is 1. The van der Waals surface area contributed by atoms with Gasteiger partial charge in [0.25, 0.3) is 10.0 Å². The van der Waals surface area contributed by atoms with Crippen LogP contribution in [0.3, 0.4) is 0 Å². The molecule has 0 unspecified atom stereocenters. The molecule has 0 heterocycles. The molecule has 0 aliphatic carbocycles. The summed E-state index contributed by atoms with van der Waals surface area (Å²) in [5, 5.41) is 9.12. The van der Waals surface area contributed by atoms with Gasteiger partial charge in [-0.25, -0.2) is 8.42 Å². The van der Waals surface area contributed by atoms with Gasteiger partial charge in [0.1, 0.15) is 6.54 Å². The van der Waals surface area contributed by atoms with Gasteiger partial charge in [0.15, 0.2) is 0 Å². The minimum atomic E-state index is -4.07. The number of carbonyl (C=O) groups excluding carboxylic acids is 1. The van der Waals surface area contributed by atoms with Gasteiger partial charge in [0.05, 0.1) is 10.6 Å². The third-order valence-electron chi connectivity index (χ3n) is 3.51. The maximum Gasteiger partial charge on any atom is 0.324 e. The average Bonchev–Trinajstić information content (AvgIpc) is 2.59. The molecule has 136 valence electrons. The minimum absolute atomic E-state index is 0.0597. The summed E-state index contributed by atoms with van der Waals surface area (Å²) in [6.07, 6.45) is 2.61. The number of hydrogen-bond acceptors (Lipinski definition) is 4. The number of hydrogen-bond donors (Lipinski definition) is 2. The standard InChI is InChI=1S/C18H18N2O5S/c1-13-2-7-15(8-3-13)20(12-18(22)23)26(24,25)16-9-4-14(5-10-16)6-11-17(19)21/h2-11H,12H2,1H3,(H2,19,21)(H,22,23). The van der Waals surface area contributed by atoms with E-state index >= 15 is 0 Å². The number of anilines is 1. The van der Waals surface area contributed by atoms with E-state index in [2.05, 4.69) is 0 Å². The molecule has 0 radical (unpaired) electrons. The van der Waals surface area contributed by atoms with Gasteiger partial charge in [0.2, 0.25) is 5.91 Å². The predicted molar refractivity (Wildman–Crippen MR) is 98.0 cm³/mol. The number of carbonyl (C=O) groups is 2. The van der Waals surface area contributed by atoms with Gasteiger partial charge in [-0.2, -0.15) is 0 Å². The number of benzene rings is 2. The molecule has 2 aromatic carbocycles. The molecule has 2 rings (SSSR count). The molecule has 8 heteroatoms. The highest BCUT2D eigenvalue weighted by atomic mass is 32.2. The largest absolute Gasteiger partial charge is 0.480 e. The maximum absolute atomic E-state index is 12.9. The first-order valence-electron chi connectivity index (χ1n) is 7.59. The van der Waals surface area contributed by atoms with Crippen molar-refractivity contribution in [3.8, 4) is 0 Å². The third-order valence-corrected chi connectivity index (χ3v) is 5.30. The highest BCUT2D eigenvalue weighted by Gasteiger charge is 2.26. The second-order valence-electron chi connectivity index (χ2n) is 5.55. The summed E-state index contributed by atoms with van der Waals surface area (Å²) in [6, 6.07) is 12.2. The summed E-state index contributed by atoms with van der Waals surface area (Å²) in [4.78, 5) is 21.9. The summed E-state index contributed by atoms with van der Waals surface area (Å²) >= 11 is 0. The van der Waals surface area contributed by atoms with Gasteiger partial charge >= 0.3 is 5.97 Å². The number of sulfonamides is 1. The van der Waals surface area contributed by atoms with E-state index in [1.807, 2.05) is 6.92 Å². The second-order valence-corrected chi connectivity index (χ2v) is 7.41.